The van der Waals surface area contributed by atoms with Gasteiger partial charge < -0.3 is 19.9 Å². The lowest BCUT2D eigenvalue weighted by molar-refractivity contribution is -0.0154. The fourth-order valence-electron chi connectivity index (χ4n) is 2.63. The van der Waals surface area contributed by atoms with Crippen LogP contribution in [0.3, 0.4) is 0 Å². The number of aliphatic hydroxyl groups is 1. The predicted octanol–water partition coefficient (Wildman–Crippen LogP) is 2.35. The second kappa shape index (κ2) is 8.37. The Bertz CT molecular complexity index is 416. The van der Waals surface area contributed by atoms with E-state index < -0.39 is 0 Å². The Morgan fingerprint density at radius 1 is 1.33 bits per heavy atom. The van der Waals surface area contributed by atoms with E-state index >= 15 is 0 Å². The molecule has 118 valence electrons. The summed E-state index contributed by atoms with van der Waals surface area (Å²) in [6.07, 6.45) is 2.87. The zero-order chi connectivity index (χ0) is 15.0. The van der Waals surface area contributed by atoms with Crippen molar-refractivity contribution in [2.45, 2.75) is 32.7 Å². The molecule has 0 saturated carbocycles. The van der Waals surface area contributed by atoms with E-state index in [0.717, 1.165) is 57.9 Å². The normalized spacial score (nSPS) is 17.6. The highest BCUT2D eigenvalue weighted by atomic mass is 16.5. The molecule has 0 aromatic heterocycles. The monoisotopic (exact) mass is 293 g/mol. The molecule has 1 heterocycles. The van der Waals surface area contributed by atoms with Crippen molar-refractivity contribution < 1.29 is 14.6 Å². The van der Waals surface area contributed by atoms with E-state index in [2.05, 4.69) is 24.4 Å². The number of ether oxygens (including phenoxy) is 2. The summed E-state index contributed by atoms with van der Waals surface area (Å²) in [6.45, 7) is 6.21. The summed E-state index contributed by atoms with van der Waals surface area (Å²) in [5.41, 5.74) is 1.19. The molecule has 1 aliphatic rings. The minimum atomic E-state index is -0.0193. The van der Waals surface area contributed by atoms with Crippen LogP contribution in [-0.4, -0.2) is 38.1 Å². The van der Waals surface area contributed by atoms with Gasteiger partial charge in [0, 0.05) is 31.7 Å². The van der Waals surface area contributed by atoms with Crippen molar-refractivity contribution in [1.82, 2.24) is 5.32 Å². The van der Waals surface area contributed by atoms with E-state index in [1.54, 1.807) is 0 Å². The first-order valence-electron chi connectivity index (χ1n) is 7.89. The Morgan fingerprint density at radius 3 is 2.86 bits per heavy atom. The summed E-state index contributed by atoms with van der Waals surface area (Å²) in [7, 11) is 0. The van der Waals surface area contributed by atoms with Gasteiger partial charge in [-0.2, -0.15) is 0 Å². The van der Waals surface area contributed by atoms with Crippen molar-refractivity contribution in [3.63, 3.8) is 0 Å². The number of hydrogen-bond acceptors (Lipinski definition) is 4. The lowest BCUT2D eigenvalue weighted by atomic mass is 9.81. The first-order chi connectivity index (χ1) is 10.3. The van der Waals surface area contributed by atoms with Crippen LogP contribution >= 0.6 is 0 Å². The van der Waals surface area contributed by atoms with Crippen molar-refractivity contribution in [2.24, 2.45) is 5.41 Å². The summed E-state index contributed by atoms with van der Waals surface area (Å²) in [5, 5.41) is 13.1. The smallest absolute Gasteiger partial charge is 0.119 e. The first-order valence-corrected chi connectivity index (χ1v) is 7.89. The molecule has 0 aliphatic carbocycles. The summed E-state index contributed by atoms with van der Waals surface area (Å²) in [5.74, 6) is 0.930. The second-order valence-corrected chi connectivity index (χ2v) is 5.87. The zero-order valence-corrected chi connectivity index (χ0v) is 12.9. The van der Waals surface area contributed by atoms with E-state index in [-0.39, 0.29) is 12.0 Å². The minimum absolute atomic E-state index is 0.0193. The van der Waals surface area contributed by atoms with Gasteiger partial charge in [0.2, 0.25) is 0 Å². The molecule has 4 heteroatoms. The van der Waals surface area contributed by atoms with E-state index in [9.17, 15) is 5.11 Å². The Morgan fingerprint density at radius 2 is 2.14 bits per heavy atom. The average molecular weight is 293 g/mol. The molecule has 1 saturated heterocycles. The fourth-order valence-corrected chi connectivity index (χ4v) is 2.63. The lowest BCUT2D eigenvalue weighted by Gasteiger charge is -2.35. The van der Waals surface area contributed by atoms with Gasteiger partial charge in [-0.3, -0.25) is 0 Å². The van der Waals surface area contributed by atoms with Gasteiger partial charge in [-0.25, -0.2) is 0 Å². The number of aliphatic hydroxyl groups excluding tert-OH is 1. The topological polar surface area (TPSA) is 50.7 Å². The van der Waals surface area contributed by atoms with Crippen molar-refractivity contribution >= 4 is 0 Å². The van der Waals surface area contributed by atoms with E-state index in [4.69, 9.17) is 9.47 Å². The molecule has 21 heavy (non-hydrogen) atoms. The molecule has 1 aromatic rings. The zero-order valence-electron chi connectivity index (χ0n) is 12.9. The fraction of sp³-hybridized carbons (Fsp3) is 0.647. The van der Waals surface area contributed by atoms with Crippen LogP contribution in [0.2, 0.25) is 0 Å². The van der Waals surface area contributed by atoms with Gasteiger partial charge in [0.15, 0.2) is 0 Å². The summed E-state index contributed by atoms with van der Waals surface area (Å²) in [4.78, 5) is 0. The highest BCUT2D eigenvalue weighted by molar-refractivity contribution is 5.28. The molecule has 1 aromatic carbocycles. The van der Waals surface area contributed by atoms with E-state index in [1.165, 1.54) is 5.56 Å². The van der Waals surface area contributed by atoms with Crippen molar-refractivity contribution in [2.75, 3.05) is 33.0 Å². The molecule has 2 rings (SSSR count). The third-order valence-corrected chi connectivity index (χ3v) is 4.09. The van der Waals surface area contributed by atoms with Crippen LogP contribution in [0, 0.1) is 5.41 Å². The summed E-state index contributed by atoms with van der Waals surface area (Å²) < 4.78 is 11.0. The van der Waals surface area contributed by atoms with Crippen LogP contribution < -0.4 is 10.1 Å². The van der Waals surface area contributed by atoms with Crippen LogP contribution in [0.5, 0.6) is 5.75 Å². The van der Waals surface area contributed by atoms with Gasteiger partial charge >= 0.3 is 0 Å². The van der Waals surface area contributed by atoms with Gasteiger partial charge in [-0.05, 0) is 37.0 Å². The van der Waals surface area contributed by atoms with E-state index in [1.807, 2.05) is 12.1 Å². The number of hydrogen-bond donors (Lipinski definition) is 2. The summed E-state index contributed by atoms with van der Waals surface area (Å²) >= 11 is 0. The minimum Gasteiger partial charge on any atom is -0.494 e. The van der Waals surface area contributed by atoms with E-state index in [0.29, 0.717) is 0 Å². The van der Waals surface area contributed by atoms with Gasteiger partial charge in [-0.1, -0.05) is 19.1 Å². The maximum Gasteiger partial charge on any atom is 0.119 e. The molecular formula is C17H27NO3. The van der Waals surface area contributed by atoms with Crippen LogP contribution in [0.1, 0.15) is 31.7 Å². The largest absolute Gasteiger partial charge is 0.494 e. The molecule has 0 atom stereocenters. The standard InChI is InChI=1S/C17H27NO3/c1-2-8-21-16-5-3-4-15(11-16)12-18-13-17(14-19)6-9-20-10-7-17/h3-5,11,18-19H,2,6-10,12-14H2,1H3. The number of nitrogens with one attached hydrogen (secondary N) is 1. The molecule has 0 bridgehead atoms. The van der Waals surface area contributed by atoms with Gasteiger partial charge in [0.25, 0.3) is 0 Å². The first kappa shape index (κ1) is 16.3. The SMILES string of the molecule is CCCOc1cccc(CNCC2(CO)CCOCC2)c1. The Hall–Kier alpha value is -1.10. The van der Waals surface area contributed by atoms with Crippen molar-refractivity contribution in [1.29, 1.82) is 0 Å². The maximum atomic E-state index is 9.66. The Labute approximate surface area is 127 Å². The van der Waals surface area contributed by atoms with Crippen LogP contribution in [0.15, 0.2) is 24.3 Å². The van der Waals surface area contributed by atoms with Crippen LogP contribution in [0.4, 0.5) is 0 Å². The Kier molecular flexibility index (Phi) is 6.49. The predicted molar refractivity (Wildman–Crippen MR) is 83.5 cm³/mol. The van der Waals surface area contributed by atoms with Crippen molar-refractivity contribution in [3.05, 3.63) is 29.8 Å². The average Bonchev–Trinajstić information content (AvgIpc) is 2.54. The molecule has 4 nitrogen and oxygen atoms in total. The van der Waals surface area contributed by atoms with Crippen LogP contribution in [-0.2, 0) is 11.3 Å². The third-order valence-electron chi connectivity index (χ3n) is 4.09. The molecule has 1 fully saturated rings. The molecule has 2 N–H and O–H groups in total. The molecule has 0 radical (unpaired) electrons. The van der Waals surface area contributed by atoms with Gasteiger partial charge in [-0.15, -0.1) is 0 Å². The quantitative estimate of drug-likeness (QED) is 0.772. The molecule has 0 unspecified atom stereocenters. The highest BCUT2D eigenvalue weighted by Crippen LogP contribution is 2.29. The number of benzene rings is 1. The van der Waals surface area contributed by atoms with Gasteiger partial charge in [0.05, 0.1) is 13.2 Å². The highest BCUT2D eigenvalue weighted by Gasteiger charge is 2.31. The second-order valence-electron chi connectivity index (χ2n) is 5.87. The molecule has 1 aliphatic heterocycles. The third kappa shape index (κ3) is 4.99. The molecule has 0 spiro atoms. The molecule has 0 amide bonds. The maximum absolute atomic E-state index is 9.66. The van der Waals surface area contributed by atoms with Crippen molar-refractivity contribution in [3.8, 4) is 5.75 Å². The Balaban J connectivity index is 1.82. The summed E-state index contributed by atoms with van der Waals surface area (Å²) in [6, 6.07) is 8.20. The lowest BCUT2D eigenvalue weighted by Crippen LogP contribution is -2.41. The number of rotatable bonds is 8. The van der Waals surface area contributed by atoms with Crippen LogP contribution in [0.25, 0.3) is 0 Å². The molecular weight excluding hydrogens is 266 g/mol. The van der Waals surface area contributed by atoms with Gasteiger partial charge in [0.1, 0.15) is 5.75 Å².